The molecule has 0 radical (unpaired) electrons. The van der Waals surface area contributed by atoms with Gasteiger partial charge in [-0.25, -0.2) is 9.78 Å². The van der Waals surface area contributed by atoms with Gasteiger partial charge in [0.2, 0.25) is 5.95 Å². The molecule has 0 atom stereocenters. The summed E-state index contributed by atoms with van der Waals surface area (Å²) in [6.07, 6.45) is -3.30. The van der Waals surface area contributed by atoms with Gasteiger partial charge in [0.1, 0.15) is 5.56 Å². The first-order valence-corrected chi connectivity index (χ1v) is 5.74. The van der Waals surface area contributed by atoms with E-state index in [1.54, 1.807) is 0 Å². The normalized spacial score (nSPS) is 11.3. The number of esters is 1. The molecule has 7 heteroatoms. The molecular weight excluding hydrogens is 290 g/mol. The van der Waals surface area contributed by atoms with Crippen LogP contribution in [-0.4, -0.2) is 18.1 Å². The molecule has 1 aromatic heterocycles. The first-order valence-electron chi connectivity index (χ1n) is 5.74. The number of rotatable bonds is 2. The quantitative estimate of drug-likeness (QED) is 0.482. The molecule has 21 heavy (non-hydrogen) atoms. The molecule has 0 bridgehead atoms. The van der Waals surface area contributed by atoms with E-state index in [0.29, 0.717) is 11.1 Å². The third-order valence-electron chi connectivity index (χ3n) is 2.79. The molecule has 0 saturated heterocycles. The molecule has 0 aliphatic heterocycles. The van der Waals surface area contributed by atoms with Crippen LogP contribution in [-0.2, 0) is 10.9 Å². The summed E-state index contributed by atoms with van der Waals surface area (Å²) in [5.41, 5.74) is -0.490. The van der Waals surface area contributed by atoms with E-state index in [4.69, 9.17) is 0 Å². The maximum atomic E-state index is 13.4. The van der Waals surface area contributed by atoms with Crippen molar-refractivity contribution in [3.05, 3.63) is 53.6 Å². The van der Waals surface area contributed by atoms with Crippen molar-refractivity contribution in [3.8, 4) is 11.1 Å². The van der Waals surface area contributed by atoms with Gasteiger partial charge in [0.15, 0.2) is 0 Å². The van der Waals surface area contributed by atoms with Crippen LogP contribution < -0.4 is 0 Å². The zero-order valence-electron chi connectivity index (χ0n) is 10.7. The van der Waals surface area contributed by atoms with Gasteiger partial charge in [-0.15, -0.1) is 0 Å². The van der Waals surface area contributed by atoms with Gasteiger partial charge in [0.05, 0.1) is 12.7 Å². The number of ether oxygens (including phenoxy) is 1. The lowest BCUT2D eigenvalue weighted by molar-refractivity contribution is -0.137. The number of pyridine rings is 1. The van der Waals surface area contributed by atoms with Crippen molar-refractivity contribution in [2.24, 2.45) is 0 Å². The summed E-state index contributed by atoms with van der Waals surface area (Å²) in [6.45, 7) is 0. The highest BCUT2D eigenvalue weighted by atomic mass is 19.4. The number of methoxy groups -OCH3 is 1. The van der Waals surface area contributed by atoms with Crippen molar-refractivity contribution in [2.75, 3.05) is 7.11 Å². The SMILES string of the molecule is COC(=O)c1cc(-c2ccc(C(F)(F)F)cc2)cnc1F. The highest BCUT2D eigenvalue weighted by Crippen LogP contribution is 2.31. The van der Waals surface area contributed by atoms with Crippen LogP contribution in [0.25, 0.3) is 11.1 Å². The minimum absolute atomic E-state index is 0.311. The Hall–Kier alpha value is -2.44. The third-order valence-corrected chi connectivity index (χ3v) is 2.79. The van der Waals surface area contributed by atoms with Gasteiger partial charge in [0, 0.05) is 11.8 Å². The predicted molar refractivity (Wildman–Crippen MR) is 66.0 cm³/mol. The van der Waals surface area contributed by atoms with E-state index in [2.05, 4.69) is 9.72 Å². The minimum atomic E-state index is -4.43. The van der Waals surface area contributed by atoms with Crippen molar-refractivity contribution < 1.29 is 27.1 Å². The van der Waals surface area contributed by atoms with Crippen LogP contribution >= 0.6 is 0 Å². The van der Waals surface area contributed by atoms with E-state index in [0.717, 1.165) is 25.4 Å². The third kappa shape index (κ3) is 3.18. The van der Waals surface area contributed by atoms with E-state index in [9.17, 15) is 22.4 Å². The lowest BCUT2D eigenvalue weighted by atomic mass is 10.0. The maximum absolute atomic E-state index is 13.4. The number of benzene rings is 1. The van der Waals surface area contributed by atoms with Gasteiger partial charge in [0.25, 0.3) is 0 Å². The number of carbonyl (C=O) groups is 1. The number of halogens is 4. The number of hydrogen-bond acceptors (Lipinski definition) is 3. The molecule has 2 aromatic rings. The molecule has 0 spiro atoms. The molecule has 1 aromatic carbocycles. The van der Waals surface area contributed by atoms with E-state index in [-0.39, 0.29) is 5.56 Å². The summed E-state index contributed by atoms with van der Waals surface area (Å²) in [5, 5.41) is 0. The molecule has 3 nitrogen and oxygen atoms in total. The lowest BCUT2D eigenvalue weighted by Crippen LogP contribution is -2.06. The zero-order chi connectivity index (χ0) is 15.6. The molecule has 0 N–H and O–H groups in total. The summed E-state index contributed by atoms with van der Waals surface area (Å²) < 4.78 is 55.2. The number of aromatic nitrogens is 1. The number of hydrogen-bond donors (Lipinski definition) is 0. The van der Waals surface area contributed by atoms with Gasteiger partial charge < -0.3 is 4.74 Å². The van der Waals surface area contributed by atoms with Gasteiger partial charge in [-0.3, -0.25) is 0 Å². The Morgan fingerprint density at radius 2 is 1.76 bits per heavy atom. The van der Waals surface area contributed by atoms with E-state index < -0.39 is 23.7 Å². The van der Waals surface area contributed by atoms with Crippen LogP contribution in [0.3, 0.4) is 0 Å². The molecule has 0 aliphatic carbocycles. The summed E-state index contributed by atoms with van der Waals surface area (Å²) in [5.74, 6) is -1.91. The molecular formula is C14H9F4NO2. The number of nitrogens with zero attached hydrogens (tertiary/aromatic N) is 1. The molecule has 1 heterocycles. The Labute approximate surface area is 117 Å². The summed E-state index contributed by atoms with van der Waals surface area (Å²) in [4.78, 5) is 14.8. The number of carbonyl (C=O) groups excluding carboxylic acids is 1. The summed E-state index contributed by atoms with van der Waals surface area (Å²) >= 11 is 0. The minimum Gasteiger partial charge on any atom is -0.465 e. The van der Waals surface area contributed by atoms with Crippen LogP contribution in [0.4, 0.5) is 17.6 Å². The van der Waals surface area contributed by atoms with Crippen LogP contribution in [0.15, 0.2) is 36.5 Å². The van der Waals surface area contributed by atoms with Gasteiger partial charge in [-0.1, -0.05) is 12.1 Å². The van der Waals surface area contributed by atoms with Gasteiger partial charge in [-0.05, 0) is 23.8 Å². The van der Waals surface area contributed by atoms with Crippen molar-refractivity contribution in [2.45, 2.75) is 6.18 Å². The Morgan fingerprint density at radius 1 is 1.14 bits per heavy atom. The predicted octanol–water partition coefficient (Wildman–Crippen LogP) is 3.69. The Kier molecular flexibility index (Phi) is 3.93. The fourth-order valence-electron chi connectivity index (χ4n) is 1.71. The fourth-order valence-corrected chi connectivity index (χ4v) is 1.71. The standard InChI is InChI=1S/C14H9F4NO2/c1-21-13(20)11-6-9(7-19-12(11)15)8-2-4-10(5-3-8)14(16,17)18/h2-7H,1H3. The van der Waals surface area contributed by atoms with Crippen molar-refractivity contribution in [1.29, 1.82) is 0 Å². The smallest absolute Gasteiger partial charge is 0.416 e. The van der Waals surface area contributed by atoms with Crippen LogP contribution in [0.1, 0.15) is 15.9 Å². The van der Waals surface area contributed by atoms with E-state index in [1.165, 1.54) is 18.2 Å². The van der Waals surface area contributed by atoms with Crippen LogP contribution in [0.5, 0.6) is 0 Å². The first-order chi connectivity index (χ1) is 9.82. The molecule has 0 unspecified atom stereocenters. The second kappa shape index (κ2) is 5.51. The Morgan fingerprint density at radius 3 is 2.29 bits per heavy atom. The van der Waals surface area contributed by atoms with E-state index >= 15 is 0 Å². The summed E-state index contributed by atoms with van der Waals surface area (Å²) in [7, 11) is 1.09. The molecule has 110 valence electrons. The molecule has 0 fully saturated rings. The Bertz CT molecular complexity index is 666. The second-order valence-corrected chi connectivity index (χ2v) is 4.13. The zero-order valence-corrected chi connectivity index (χ0v) is 10.7. The van der Waals surface area contributed by atoms with Crippen molar-refractivity contribution >= 4 is 5.97 Å². The van der Waals surface area contributed by atoms with Crippen LogP contribution in [0.2, 0.25) is 0 Å². The van der Waals surface area contributed by atoms with E-state index in [1.807, 2.05) is 0 Å². The topological polar surface area (TPSA) is 39.2 Å². The molecule has 0 aliphatic rings. The second-order valence-electron chi connectivity index (χ2n) is 4.13. The Balaban J connectivity index is 2.41. The van der Waals surface area contributed by atoms with Crippen molar-refractivity contribution in [1.82, 2.24) is 4.98 Å². The fraction of sp³-hybridized carbons (Fsp3) is 0.143. The molecule has 2 rings (SSSR count). The molecule has 0 saturated carbocycles. The maximum Gasteiger partial charge on any atom is 0.416 e. The van der Waals surface area contributed by atoms with Gasteiger partial charge >= 0.3 is 12.1 Å². The monoisotopic (exact) mass is 299 g/mol. The number of alkyl halides is 3. The van der Waals surface area contributed by atoms with Gasteiger partial charge in [-0.2, -0.15) is 17.6 Å². The highest BCUT2D eigenvalue weighted by molar-refractivity contribution is 5.90. The van der Waals surface area contributed by atoms with Crippen molar-refractivity contribution in [3.63, 3.8) is 0 Å². The summed E-state index contributed by atoms with van der Waals surface area (Å²) in [6, 6.07) is 5.42. The largest absolute Gasteiger partial charge is 0.465 e. The molecule has 0 amide bonds. The highest BCUT2D eigenvalue weighted by Gasteiger charge is 2.30. The first kappa shape index (κ1) is 15.0. The average Bonchev–Trinajstić information content (AvgIpc) is 2.46. The average molecular weight is 299 g/mol. The lowest BCUT2D eigenvalue weighted by Gasteiger charge is -2.08. The van der Waals surface area contributed by atoms with Crippen LogP contribution in [0, 0.1) is 5.95 Å².